The van der Waals surface area contributed by atoms with Crippen LogP contribution < -0.4 is 11.1 Å². The highest BCUT2D eigenvalue weighted by molar-refractivity contribution is 5.95. The summed E-state index contributed by atoms with van der Waals surface area (Å²) in [5.74, 6) is 0.309. The van der Waals surface area contributed by atoms with E-state index in [1.807, 2.05) is 36.4 Å². The number of benzene rings is 2. The highest BCUT2D eigenvalue weighted by Crippen LogP contribution is 2.24. The van der Waals surface area contributed by atoms with E-state index < -0.39 is 5.91 Å². The third kappa shape index (κ3) is 2.31. The number of carbonyl (C=O) groups excluding carboxylic acids is 1. The van der Waals surface area contributed by atoms with E-state index >= 15 is 0 Å². The molecule has 1 aromatic heterocycles. The molecular weight excluding hydrogens is 250 g/mol. The zero-order chi connectivity index (χ0) is 13.9. The van der Waals surface area contributed by atoms with E-state index in [1.165, 1.54) is 0 Å². The topological polar surface area (TPSA) is 68.0 Å². The number of aromatic nitrogens is 1. The van der Waals surface area contributed by atoms with Crippen LogP contribution in [0.1, 0.15) is 10.4 Å². The average Bonchev–Trinajstić information content (AvgIpc) is 2.48. The molecule has 98 valence electrons. The van der Waals surface area contributed by atoms with Gasteiger partial charge in [0.1, 0.15) is 5.82 Å². The molecule has 0 radical (unpaired) electrons. The molecule has 3 rings (SSSR count). The zero-order valence-corrected chi connectivity index (χ0v) is 10.7. The fourth-order valence-corrected chi connectivity index (χ4v) is 2.11. The molecule has 2 aromatic carbocycles. The minimum absolute atomic E-state index is 0.445. The molecule has 0 saturated heterocycles. The average molecular weight is 263 g/mol. The van der Waals surface area contributed by atoms with E-state index in [0.717, 1.165) is 22.3 Å². The van der Waals surface area contributed by atoms with E-state index in [0.29, 0.717) is 5.56 Å². The number of fused-ring (bicyclic) bond motifs is 1. The van der Waals surface area contributed by atoms with E-state index in [2.05, 4.69) is 10.3 Å². The van der Waals surface area contributed by atoms with Crippen molar-refractivity contribution in [2.45, 2.75) is 0 Å². The van der Waals surface area contributed by atoms with Crippen molar-refractivity contribution in [3.05, 3.63) is 66.4 Å². The third-order valence-electron chi connectivity index (χ3n) is 3.08. The molecule has 0 saturated carbocycles. The normalized spacial score (nSPS) is 10.4. The number of amides is 1. The molecule has 0 aliphatic carbocycles. The second-order valence-corrected chi connectivity index (χ2v) is 4.45. The Morgan fingerprint density at radius 3 is 2.75 bits per heavy atom. The molecule has 0 spiro atoms. The van der Waals surface area contributed by atoms with Gasteiger partial charge in [-0.3, -0.25) is 4.79 Å². The van der Waals surface area contributed by atoms with Gasteiger partial charge in [-0.2, -0.15) is 0 Å². The Morgan fingerprint density at radius 1 is 1.05 bits per heavy atom. The van der Waals surface area contributed by atoms with Crippen molar-refractivity contribution in [3.8, 4) is 0 Å². The Hall–Kier alpha value is -2.88. The van der Waals surface area contributed by atoms with Gasteiger partial charge < -0.3 is 11.1 Å². The Balaban J connectivity index is 2.01. The van der Waals surface area contributed by atoms with Crippen LogP contribution in [-0.4, -0.2) is 10.9 Å². The summed E-state index contributed by atoms with van der Waals surface area (Å²) in [7, 11) is 0. The summed E-state index contributed by atoms with van der Waals surface area (Å²) < 4.78 is 0. The van der Waals surface area contributed by atoms with Crippen molar-refractivity contribution < 1.29 is 4.79 Å². The summed E-state index contributed by atoms with van der Waals surface area (Å²) in [4.78, 5) is 15.5. The van der Waals surface area contributed by atoms with Gasteiger partial charge in [-0.25, -0.2) is 4.98 Å². The Morgan fingerprint density at radius 2 is 1.90 bits per heavy atom. The van der Waals surface area contributed by atoms with Gasteiger partial charge in [0.25, 0.3) is 0 Å². The first kappa shape index (κ1) is 12.2. The minimum atomic E-state index is -0.445. The molecule has 20 heavy (non-hydrogen) atoms. The third-order valence-corrected chi connectivity index (χ3v) is 3.08. The SMILES string of the molecule is NC(=O)c1cccc(Nc2nccc3ccccc23)c1. The monoisotopic (exact) mass is 263 g/mol. The second-order valence-electron chi connectivity index (χ2n) is 4.45. The van der Waals surface area contributed by atoms with E-state index in [-0.39, 0.29) is 0 Å². The summed E-state index contributed by atoms with van der Waals surface area (Å²) in [5, 5.41) is 5.36. The summed E-state index contributed by atoms with van der Waals surface area (Å²) in [6, 6.07) is 17.0. The second kappa shape index (κ2) is 5.01. The van der Waals surface area contributed by atoms with Crippen LogP contribution in [0.3, 0.4) is 0 Å². The first-order valence-corrected chi connectivity index (χ1v) is 6.25. The molecular formula is C16H13N3O. The van der Waals surface area contributed by atoms with E-state index in [1.54, 1.807) is 24.4 Å². The van der Waals surface area contributed by atoms with Gasteiger partial charge in [0.05, 0.1) is 0 Å². The van der Waals surface area contributed by atoms with E-state index in [9.17, 15) is 4.79 Å². The highest BCUT2D eigenvalue weighted by Gasteiger charge is 2.04. The predicted molar refractivity (Wildman–Crippen MR) is 80.0 cm³/mol. The number of primary amides is 1. The molecule has 0 unspecified atom stereocenters. The lowest BCUT2D eigenvalue weighted by atomic mass is 10.1. The van der Waals surface area contributed by atoms with Gasteiger partial charge in [-0.15, -0.1) is 0 Å². The van der Waals surface area contributed by atoms with Gasteiger partial charge in [0.15, 0.2) is 0 Å². The maximum Gasteiger partial charge on any atom is 0.248 e. The lowest BCUT2D eigenvalue weighted by Crippen LogP contribution is -2.10. The fourth-order valence-electron chi connectivity index (χ4n) is 2.11. The minimum Gasteiger partial charge on any atom is -0.366 e. The summed E-state index contributed by atoms with van der Waals surface area (Å²) in [5.41, 5.74) is 6.53. The van der Waals surface area contributed by atoms with Gasteiger partial charge in [0.2, 0.25) is 5.91 Å². The molecule has 0 aliphatic rings. The van der Waals surface area contributed by atoms with Crippen molar-refractivity contribution in [1.29, 1.82) is 0 Å². The molecule has 0 aliphatic heterocycles. The highest BCUT2D eigenvalue weighted by atomic mass is 16.1. The van der Waals surface area contributed by atoms with Crippen LogP contribution >= 0.6 is 0 Å². The van der Waals surface area contributed by atoms with Crippen molar-refractivity contribution in [1.82, 2.24) is 4.98 Å². The van der Waals surface area contributed by atoms with Crippen LogP contribution in [0.5, 0.6) is 0 Å². The summed E-state index contributed by atoms with van der Waals surface area (Å²) in [6.45, 7) is 0. The molecule has 1 amide bonds. The van der Waals surface area contributed by atoms with E-state index in [4.69, 9.17) is 5.73 Å². The number of carbonyl (C=O) groups is 1. The first-order valence-electron chi connectivity index (χ1n) is 6.25. The fraction of sp³-hybridized carbons (Fsp3) is 0. The number of nitrogens with one attached hydrogen (secondary N) is 1. The molecule has 3 N–H and O–H groups in total. The number of anilines is 2. The largest absolute Gasteiger partial charge is 0.366 e. The Labute approximate surface area is 116 Å². The predicted octanol–water partition coefficient (Wildman–Crippen LogP) is 3.08. The summed E-state index contributed by atoms with van der Waals surface area (Å²) in [6.07, 6.45) is 1.75. The smallest absolute Gasteiger partial charge is 0.248 e. The number of hydrogen-bond donors (Lipinski definition) is 2. The van der Waals surface area contributed by atoms with Gasteiger partial charge in [-0.1, -0.05) is 30.3 Å². The van der Waals surface area contributed by atoms with Crippen molar-refractivity contribution in [2.75, 3.05) is 5.32 Å². The number of pyridine rings is 1. The Bertz CT molecular complexity index is 778. The van der Waals surface area contributed by atoms with Crippen LogP contribution in [0, 0.1) is 0 Å². The van der Waals surface area contributed by atoms with Crippen molar-refractivity contribution in [2.24, 2.45) is 5.73 Å². The molecule has 3 aromatic rings. The Kier molecular flexibility index (Phi) is 3.05. The molecule has 4 heteroatoms. The van der Waals surface area contributed by atoms with Crippen LogP contribution in [0.4, 0.5) is 11.5 Å². The van der Waals surface area contributed by atoms with Gasteiger partial charge in [-0.05, 0) is 29.7 Å². The molecule has 4 nitrogen and oxygen atoms in total. The van der Waals surface area contributed by atoms with Gasteiger partial charge in [0, 0.05) is 22.8 Å². The lowest BCUT2D eigenvalue weighted by Gasteiger charge is -2.09. The standard InChI is InChI=1S/C16H13N3O/c17-15(20)12-5-3-6-13(10-12)19-16-14-7-2-1-4-11(14)8-9-18-16/h1-10H,(H2,17,20)(H,18,19). The van der Waals surface area contributed by atoms with Crippen LogP contribution in [-0.2, 0) is 0 Å². The maximum absolute atomic E-state index is 11.2. The number of nitrogens with two attached hydrogens (primary N) is 1. The molecule has 0 fully saturated rings. The molecule has 0 bridgehead atoms. The lowest BCUT2D eigenvalue weighted by molar-refractivity contribution is 0.100. The zero-order valence-electron chi connectivity index (χ0n) is 10.7. The number of nitrogens with zero attached hydrogens (tertiary/aromatic N) is 1. The van der Waals surface area contributed by atoms with Crippen LogP contribution in [0.2, 0.25) is 0 Å². The van der Waals surface area contributed by atoms with Crippen LogP contribution in [0.25, 0.3) is 10.8 Å². The molecule has 0 atom stereocenters. The maximum atomic E-state index is 11.2. The van der Waals surface area contributed by atoms with Crippen molar-refractivity contribution in [3.63, 3.8) is 0 Å². The number of hydrogen-bond acceptors (Lipinski definition) is 3. The number of rotatable bonds is 3. The van der Waals surface area contributed by atoms with Gasteiger partial charge >= 0.3 is 0 Å². The van der Waals surface area contributed by atoms with Crippen molar-refractivity contribution >= 4 is 28.2 Å². The molecule has 1 heterocycles. The summed E-state index contributed by atoms with van der Waals surface area (Å²) >= 11 is 0. The first-order chi connectivity index (χ1) is 9.74. The quantitative estimate of drug-likeness (QED) is 0.763. The van der Waals surface area contributed by atoms with Crippen LogP contribution in [0.15, 0.2) is 60.8 Å².